The molecule has 14 heteroatoms. The normalized spacial score (nSPS) is 33.5. The number of imidazole rings is 1. The van der Waals surface area contributed by atoms with Gasteiger partial charge in [0.25, 0.3) is 0 Å². The number of likely N-dealkylation sites (tertiary alicyclic amines) is 3. The molecule has 11 rings (SSSR count). The third-order valence-corrected chi connectivity index (χ3v) is 19.6. The molecule has 4 aromatic carbocycles. The molecule has 6 aliphatic rings. The third kappa shape index (κ3) is 8.95. The minimum Gasteiger partial charge on any atom is -0.457 e. The molecule has 1 spiro atoms. The Morgan fingerprint density at radius 3 is 2.32 bits per heavy atom. The summed E-state index contributed by atoms with van der Waals surface area (Å²) in [6.07, 6.45) is 5.90. The number of carbonyl (C=O) groups excluding carboxylic acids is 1. The molecular weight excluding hydrogens is 971 g/mol. The predicted molar refractivity (Wildman–Crippen MR) is 293 cm³/mol. The molecule has 1 saturated carbocycles. The number of nitrogens with one attached hydrogen (secondary N) is 2. The van der Waals surface area contributed by atoms with Crippen molar-refractivity contribution >= 4 is 29.0 Å². The fourth-order valence-electron chi connectivity index (χ4n) is 15.5. The SMILES string of the molecule is CCC12C(=O)C34C5C[C@H](Cc6ccc(Cl)cc6)N(C)C3[C@@H](COC)NC4[C@H](C)N(Cc3ccc(Cl)cc3Oc3ccc(-c4cnc(CN6CC[C@@H](F)C6)n4C)cc3)C1C[C@@H](Cc1ccccc1)C2N(C)[C@@H](C)CN5. The maximum Gasteiger partial charge on any atom is 0.153 e. The summed E-state index contributed by atoms with van der Waals surface area (Å²) in [5.41, 5.74) is 4.07. The van der Waals surface area contributed by atoms with E-state index in [1.54, 1.807) is 7.11 Å². The Hall–Kier alpha value is -4.21. The van der Waals surface area contributed by atoms with E-state index in [1.807, 2.05) is 49.6 Å². The van der Waals surface area contributed by atoms with Gasteiger partial charge in [0.1, 0.15) is 23.5 Å². The summed E-state index contributed by atoms with van der Waals surface area (Å²) in [5, 5.41) is 9.79. The summed E-state index contributed by atoms with van der Waals surface area (Å²) in [5.74, 6) is 2.95. The van der Waals surface area contributed by atoms with Crippen LogP contribution in [0.5, 0.6) is 11.5 Å². The average molecular weight is 1050 g/mol. The zero-order chi connectivity index (χ0) is 51.6. The number of ketones is 1. The second kappa shape index (κ2) is 21.0. The van der Waals surface area contributed by atoms with Gasteiger partial charge in [-0.1, -0.05) is 78.7 Å². The summed E-state index contributed by atoms with van der Waals surface area (Å²) in [4.78, 5) is 32.3. The Morgan fingerprint density at radius 2 is 1.61 bits per heavy atom. The maximum atomic E-state index is 17.5. The number of hydrogen-bond acceptors (Lipinski definition) is 10. The molecule has 5 aromatic rings. The number of Topliss-reactive ketones (excluding diaryl/α,β-unsaturated/α-hetero) is 1. The van der Waals surface area contributed by atoms with Gasteiger partial charge in [-0.3, -0.25) is 24.4 Å². The van der Waals surface area contributed by atoms with Crippen molar-refractivity contribution in [2.24, 2.45) is 23.8 Å². The minimum absolute atomic E-state index is 0.0134. The van der Waals surface area contributed by atoms with E-state index < -0.39 is 17.0 Å². The van der Waals surface area contributed by atoms with Crippen molar-refractivity contribution in [2.45, 2.75) is 133 Å². The summed E-state index contributed by atoms with van der Waals surface area (Å²) in [7, 11) is 8.41. The fraction of sp³-hybridized carbons (Fsp3) is 0.533. The van der Waals surface area contributed by atoms with Crippen LogP contribution in [-0.2, 0) is 42.5 Å². The zero-order valence-electron chi connectivity index (χ0n) is 44.2. The molecule has 11 nitrogen and oxygen atoms in total. The lowest BCUT2D eigenvalue weighted by molar-refractivity contribution is -0.154. The molecule has 0 radical (unpaired) electrons. The van der Waals surface area contributed by atoms with Gasteiger partial charge in [0.2, 0.25) is 0 Å². The van der Waals surface area contributed by atoms with E-state index in [4.69, 9.17) is 37.7 Å². The van der Waals surface area contributed by atoms with Crippen molar-refractivity contribution in [3.63, 3.8) is 0 Å². The highest BCUT2D eigenvalue weighted by Gasteiger charge is 2.77. The lowest BCUT2D eigenvalue weighted by Crippen LogP contribution is -2.73. The van der Waals surface area contributed by atoms with E-state index in [9.17, 15) is 4.39 Å². The molecule has 6 fully saturated rings. The monoisotopic (exact) mass is 1040 g/mol. The number of nitrogens with zero attached hydrogens (tertiary/aromatic N) is 6. The summed E-state index contributed by atoms with van der Waals surface area (Å²) in [6, 6.07) is 33.1. The smallest absolute Gasteiger partial charge is 0.153 e. The Bertz CT molecular complexity index is 2780. The molecule has 13 atom stereocenters. The predicted octanol–water partition coefficient (Wildman–Crippen LogP) is 9.48. The van der Waals surface area contributed by atoms with Gasteiger partial charge in [0, 0.05) is 116 Å². The molecule has 1 aliphatic carbocycles. The van der Waals surface area contributed by atoms with Gasteiger partial charge in [-0.25, -0.2) is 9.37 Å². The number of halogens is 3. The number of rotatable bonds is 14. The third-order valence-electron chi connectivity index (χ3n) is 19.1. The minimum atomic E-state index is -0.789. The Balaban J connectivity index is 0.992. The van der Waals surface area contributed by atoms with Gasteiger partial charge >= 0.3 is 0 Å². The molecule has 74 heavy (non-hydrogen) atoms. The molecule has 394 valence electrons. The molecule has 7 unspecified atom stereocenters. The van der Waals surface area contributed by atoms with Crippen LogP contribution in [0.3, 0.4) is 0 Å². The first-order valence-corrected chi connectivity index (χ1v) is 28.0. The fourth-order valence-corrected chi connectivity index (χ4v) is 15.8. The number of hydrogen-bond donors (Lipinski definition) is 2. The van der Waals surface area contributed by atoms with Crippen molar-refractivity contribution in [1.29, 1.82) is 0 Å². The molecule has 0 amide bonds. The second-order valence-electron chi connectivity index (χ2n) is 22.8. The van der Waals surface area contributed by atoms with Gasteiger partial charge in [0.15, 0.2) is 5.78 Å². The van der Waals surface area contributed by atoms with Gasteiger partial charge in [-0.15, -0.1) is 0 Å². The first-order valence-electron chi connectivity index (χ1n) is 27.2. The molecule has 5 saturated heterocycles. The van der Waals surface area contributed by atoms with E-state index in [0.717, 1.165) is 72.9 Å². The van der Waals surface area contributed by atoms with Crippen LogP contribution in [0.15, 0.2) is 103 Å². The molecule has 2 bridgehead atoms. The van der Waals surface area contributed by atoms with Crippen LogP contribution in [0.1, 0.15) is 69.0 Å². The van der Waals surface area contributed by atoms with Crippen molar-refractivity contribution in [2.75, 3.05) is 47.4 Å². The maximum absolute atomic E-state index is 17.5. The standard InChI is InChI=1S/C60H75Cl2FN8O3/c1-8-59-53-28-43(26-39-12-10-9-11-13-39)56(59)67(4)37(2)31-64-52-30-47(27-40-14-19-44(61)20-15-40)68(5)57-49(36-73-7)66-55(60(52,57)58(59)72)38(3)71(53)33-42-16-21-45(62)29-51(42)74-48-22-17-41(18-23-48)50-32-65-54(69(50)6)35-70-25-24-46(63)34-70/h9-23,29,32,37-38,43,46-47,49,52-53,55-57,64,66H,8,24-28,30-31,33-36H2,1-7H3/t37-,38-,43+,46+,47-,49+,52?,53?,55?,56?,57?,59?,60?/m0/s1. The molecule has 5 aliphatic heterocycles. The number of likely N-dealkylation sites (N-methyl/N-ethyl adjacent to an activating group) is 2. The van der Waals surface area contributed by atoms with Crippen LogP contribution in [-0.4, -0.2) is 143 Å². The lowest BCUT2D eigenvalue weighted by Gasteiger charge is -2.57. The quantitative estimate of drug-likeness (QED) is 0.112. The highest BCUT2D eigenvalue weighted by atomic mass is 35.5. The second-order valence-corrected chi connectivity index (χ2v) is 23.7. The molecule has 6 heterocycles. The Kier molecular flexibility index (Phi) is 14.7. The van der Waals surface area contributed by atoms with Crippen LogP contribution >= 0.6 is 23.2 Å². The van der Waals surface area contributed by atoms with E-state index >= 15 is 4.79 Å². The van der Waals surface area contributed by atoms with Crippen LogP contribution in [0.4, 0.5) is 4.39 Å². The summed E-state index contributed by atoms with van der Waals surface area (Å²) >= 11 is 13.3. The number of methoxy groups -OCH3 is 1. The number of aromatic nitrogens is 2. The zero-order valence-corrected chi connectivity index (χ0v) is 45.7. The first-order chi connectivity index (χ1) is 35.7. The number of piperidine rings is 1. The van der Waals surface area contributed by atoms with Crippen molar-refractivity contribution in [1.82, 2.24) is 39.8 Å². The lowest BCUT2D eigenvalue weighted by atomic mass is 9.54. The van der Waals surface area contributed by atoms with Crippen LogP contribution in [0.25, 0.3) is 11.3 Å². The number of carbonyl (C=O) groups is 1. The van der Waals surface area contributed by atoms with Crippen molar-refractivity contribution in [3.8, 4) is 22.8 Å². The largest absolute Gasteiger partial charge is 0.457 e. The number of ether oxygens (including phenoxy) is 2. The van der Waals surface area contributed by atoms with Gasteiger partial charge < -0.3 is 24.7 Å². The molecular formula is C60H75Cl2FN8O3. The van der Waals surface area contributed by atoms with Crippen molar-refractivity contribution < 1.29 is 18.7 Å². The van der Waals surface area contributed by atoms with E-state index in [0.29, 0.717) is 55.0 Å². The van der Waals surface area contributed by atoms with E-state index in [2.05, 4.69) is 130 Å². The highest BCUT2D eigenvalue weighted by molar-refractivity contribution is 6.31. The average Bonchev–Trinajstić information content (AvgIpc) is 4.21. The van der Waals surface area contributed by atoms with Gasteiger partial charge in [-0.2, -0.15) is 0 Å². The highest BCUT2D eigenvalue weighted by Crippen LogP contribution is 2.63. The van der Waals surface area contributed by atoms with Crippen molar-refractivity contribution in [3.05, 3.63) is 136 Å². The number of benzene rings is 4. The van der Waals surface area contributed by atoms with Gasteiger partial charge in [0.05, 0.1) is 35.9 Å². The van der Waals surface area contributed by atoms with Crippen LogP contribution < -0.4 is 15.4 Å². The van der Waals surface area contributed by atoms with Gasteiger partial charge in [-0.05, 0) is 132 Å². The molecule has 2 N–H and O–H groups in total. The summed E-state index contributed by atoms with van der Waals surface area (Å²) in [6.45, 7) is 10.7. The van der Waals surface area contributed by atoms with Crippen LogP contribution in [0.2, 0.25) is 10.0 Å². The Morgan fingerprint density at radius 1 is 0.865 bits per heavy atom. The Labute approximate surface area is 448 Å². The number of alkyl halides is 1. The topological polar surface area (TPSA) is 90.4 Å². The van der Waals surface area contributed by atoms with E-state index in [1.165, 1.54) is 11.1 Å². The van der Waals surface area contributed by atoms with Crippen LogP contribution in [0, 0.1) is 16.7 Å². The van der Waals surface area contributed by atoms with E-state index in [-0.39, 0.29) is 60.3 Å². The summed E-state index contributed by atoms with van der Waals surface area (Å²) < 4.78 is 29.2. The first kappa shape index (κ1) is 51.9. The molecule has 1 aromatic heterocycles.